The van der Waals surface area contributed by atoms with E-state index in [-0.39, 0.29) is 11.9 Å². The van der Waals surface area contributed by atoms with Crippen LogP contribution in [0.5, 0.6) is 0 Å². The molecule has 1 saturated carbocycles. The van der Waals surface area contributed by atoms with Crippen molar-refractivity contribution in [2.24, 2.45) is 11.8 Å². The Hall–Kier alpha value is -1.57. The van der Waals surface area contributed by atoms with Gasteiger partial charge in [0.1, 0.15) is 0 Å². The van der Waals surface area contributed by atoms with Crippen LogP contribution in [0, 0.1) is 11.8 Å². The van der Waals surface area contributed by atoms with Crippen molar-refractivity contribution in [2.45, 2.75) is 32.1 Å². The van der Waals surface area contributed by atoms with E-state index >= 15 is 0 Å². The number of hydrogen-bond acceptors (Lipinski definition) is 2. The Balaban J connectivity index is 1.80. The molecule has 0 heterocycles. The summed E-state index contributed by atoms with van der Waals surface area (Å²) in [5, 5.41) is 0. The summed E-state index contributed by atoms with van der Waals surface area (Å²) in [7, 11) is 1.48. The predicted octanol–water partition coefficient (Wildman–Crippen LogP) is 3.76. The molecular formula is C17H22O2. The standard InChI is InChI=1S/C17H22O2/c1-19-17(18)16-13-7-12-15(16)11-6-5-10-14-8-3-2-4-9-14/h2-4,6,8-9,11,15-16H,5,7,10,12-13H2,1H3/t15-,16?/m1/s1. The van der Waals surface area contributed by atoms with E-state index in [0.29, 0.717) is 5.92 Å². The molecule has 0 N–H and O–H groups in total. The monoisotopic (exact) mass is 258 g/mol. The summed E-state index contributed by atoms with van der Waals surface area (Å²) in [5.41, 5.74) is 1.36. The van der Waals surface area contributed by atoms with Crippen LogP contribution < -0.4 is 0 Å². The molecule has 0 saturated heterocycles. The second-order valence-electron chi connectivity index (χ2n) is 5.18. The van der Waals surface area contributed by atoms with E-state index in [9.17, 15) is 4.79 Å². The van der Waals surface area contributed by atoms with E-state index in [0.717, 1.165) is 32.1 Å². The first kappa shape index (κ1) is 13.9. The molecule has 1 aromatic carbocycles. The van der Waals surface area contributed by atoms with Gasteiger partial charge in [0.15, 0.2) is 0 Å². The molecule has 1 aliphatic carbocycles. The van der Waals surface area contributed by atoms with Crippen molar-refractivity contribution >= 4 is 5.97 Å². The molecule has 2 heteroatoms. The molecule has 1 unspecified atom stereocenters. The number of carbonyl (C=O) groups is 1. The summed E-state index contributed by atoms with van der Waals surface area (Å²) in [4.78, 5) is 11.6. The van der Waals surface area contributed by atoms with Crippen LogP contribution in [-0.2, 0) is 16.0 Å². The number of hydrogen-bond donors (Lipinski definition) is 0. The number of ether oxygens (including phenoxy) is 1. The van der Waals surface area contributed by atoms with Crippen LogP contribution in [0.3, 0.4) is 0 Å². The lowest BCUT2D eigenvalue weighted by atomic mass is 9.95. The van der Waals surface area contributed by atoms with E-state index in [1.807, 2.05) is 6.07 Å². The molecule has 1 fully saturated rings. The van der Waals surface area contributed by atoms with Crippen LogP contribution in [0.2, 0.25) is 0 Å². The molecule has 0 aromatic heterocycles. The Morgan fingerprint density at radius 1 is 1.32 bits per heavy atom. The van der Waals surface area contributed by atoms with Crippen molar-refractivity contribution in [3.8, 4) is 0 Å². The number of aryl methyl sites for hydroxylation is 1. The van der Waals surface area contributed by atoms with Gasteiger partial charge in [-0.1, -0.05) is 48.9 Å². The molecule has 19 heavy (non-hydrogen) atoms. The number of esters is 1. The summed E-state index contributed by atoms with van der Waals surface area (Å²) >= 11 is 0. The highest BCUT2D eigenvalue weighted by molar-refractivity contribution is 5.73. The third-order valence-electron chi connectivity index (χ3n) is 3.90. The van der Waals surface area contributed by atoms with Gasteiger partial charge in [-0.25, -0.2) is 0 Å². The first-order valence-electron chi connectivity index (χ1n) is 7.09. The molecule has 2 nitrogen and oxygen atoms in total. The smallest absolute Gasteiger partial charge is 0.309 e. The predicted molar refractivity (Wildman–Crippen MR) is 76.8 cm³/mol. The van der Waals surface area contributed by atoms with E-state index in [1.54, 1.807) is 0 Å². The average molecular weight is 258 g/mol. The van der Waals surface area contributed by atoms with Crippen LogP contribution in [0.1, 0.15) is 31.2 Å². The topological polar surface area (TPSA) is 26.3 Å². The maximum atomic E-state index is 11.6. The average Bonchev–Trinajstić information content (AvgIpc) is 2.92. The summed E-state index contributed by atoms with van der Waals surface area (Å²) in [5.74, 6) is 0.413. The summed E-state index contributed by atoms with van der Waals surface area (Å²) in [6.07, 6.45) is 9.76. The van der Waals surface area contributed by atoms with Gasteiger partial charge in [-0.05, 0) is 37.2 Å². The second-order valence-corrected chi connectivity index (χ2v) is 5.18. The fourth-order valence-corrected chi connectivity index (χ4v) is 2.83. The molecule has 0 spiro atoms. The zero-order chi connectivity index (χ0) is 13.5. The maximum absolute atomic E-state index is 11.6. The molecular weight excluding hydrogens is 236 g/mol. The van der Waals surface area contributed by atoms with Gasteiger partial charge < -0.3 is 4.74 Å². The minimum absolute atomic E-state index is 0.0461. The van der Waals surface area contributed by atoms with Crippen molar-refractivity contribution in [3.63, 3.8) is 0 Å². The Kier molecular flexibility index (Phi) is 5.20. The molecule has 0 aliphatic heterocycles. The van der Waals surface area contributed by atoms with E-state index in [4.69, 9.17) is 4.74 Å². The van der Waals surface area contributed by atoms with Crippen LogP contribution in [0.4, 0.5) is 0 Å². The van der Waals surface area contributed by atoms with Gasteiger partial charge in [-0.2, -0.15) is 0 Å². The van der Waals surface area contributed by atoms with Crippen molar-refractivity contribution in [3.05, 3.63) is 48.0 Å². The van der Waals surface area contributed by atoms with E-state index in [1.165, 1.54) is 12.7 Å². The van der Waals surface area contributed by atoms with Gasteiger partial charge in [0.05, 0.1) is 13.0 Å². The Morgan fingerprint density at radius 3 is 2.84 bits per heavy atom. The Labute approximate surface area is 115 Å². The number of carbonyl (C=O) groups excluding carboxylic acids is 1. The summed E-state index contributed by atoms with van der Waals surface area (Å²) in [6, 6.07) is 10.5. The van der Waals surface area contributed by atoms with E-state index < -0.39 is 0 Å². The largest absolute Gasteiger partial charge is 0.469 e. The minimum Gasteiger partial charge on any atom is -0.469 e. The molecule has 0 bridgehead atoms. The number of benzene rings is 1. The van der Waals surface area contributed by atoms with Crippen molar-refractivity contribution in [1.82, 2.24) is 0 Å². The molecule has 2 rings (SSSR count). The zero-order valence-corrected chi connectivity index (χ0v) is 11.5. The highest BCUT2D eigenvalue weighted by atomic mass is 16.5. The van der Waals surface area contributed by atoms with Gasteiger partial charge in [0.2, 0.25) is 0 Å². The highest BCUT2D eigenvalue weighted by Crippen LogP contribution is 2.33. The number of methoxy groups -OCH3 is 1. The molecule has 0 amide bonds. The summed E-state index contributed by atoms with van der Waals surface area (Å²) < 4.78 is 4.87. The third-order valence-corrected chi connectivity index (χ3v) is 3.90. The minimum atomic E-state index is -0.0461. The van der Waals surface area contributed by atoms with Crippen LogP contribution in [-0.4, -0.2) is 13.1 Å². The Morgan fingerprint density at radius 2 is 2.11 bits per heavy atom. The first-order chi connectivity index (χ1) is 9.31. The lowest BCUT2D eigenvalue weighted by Gasteiger charge is -2.13. The van der Waals surface area contributed by atoms with Gasteiger partial charge >= 0.3 is 5.97 Å². The van der Waals surface area contributed by atoms with Crippen molar-refractivity contribution < 1.29 is 9.53 Å². The van der Waals surface area contributed by atoms with E-state index in [2.05, 4.69) is 36.4 Å². The highest BCUT2D eigenvalue weighted by Gasteiger charge is 2.31. The van der Waals surface area contributed by atoms with Gasteiger partial charge in [-0.15, -0.1) is 0 Å². The SMILES string of the molecule is COC(=O)C1CCC[C@H]1C=CCCc1ccccc1. The van der Waals surface area contributed by atoms with Gasteiger partial charge in [-0.3, -0.25) is 4.79 Å². The number of rotatable bonds is 5. The van der Waals surface area contributed by atoms with Crippen LogP contribution >= 0.6 is 0 Å². The van der Waals surface area contributed by atoms with Gasteiger partial charge in [0, 0.05) is 0 Å². The quantitative estimate of drug-likeness (QED) is 0.593. The Bertz CT molecular complexity index is 422. The van der Waals surface area contributed by atoms with Crippen molar-refractivity contribution in [1.29, 1.82) is 0 Å². The maximum Gasteiger partial charge on any atom is 0.309 e. The molecule has 1 aliphatic rings. The molecule has 1 aromatic rings. The first-order valence-corrected chi connectivity index (χ1v) is 7.09. The molecule has 0 radical (unpaired) electrons. The fraction of sp³-hybridized carbons (Fsp3) is 0.471. The fourth-order valence-electron chi connectivity index (χ4n) is 2.83. The van der Waals surface area contributed by atoms with Gasteiger partial charge in [0.25, 0.3) is 0 Å². The van der Waals surface area contributed by atoms with Crippen LogP contribution in [0.25, 0.3) is 0 Å². The van der Waals surface area contributed by atoms with Crippen LogP contribution in [0.15, 0.2) is 42.5 Å². The van der Waals surface area contributed by atoms with Crippen molar-refractivity contribution in [2.75, 3.05) is 7.11 Å². The lowest BCUT2D eigenvalue weighted by molar-refractivity contribution is -0.146. The normalized spacial score (nSPS) is 22.8. The number of allylic oxidation sites excluding steroid dienone is 2. The molecule has 2 atom stereocenters. The second kappa shape index (κ2) is 7.13. The lowest BCUT2D eigenvalue weighted by Crippen LogP contribution is -2.18. The summed E-state index contributed by atoms with van der Waals surface area (Å²) in [6.45, 7) is 0. The zero-order valence-electron chi connectivity index (χ0n) is 11.5. The third kappa shape index (κ3) is 3.95. The molecule has 102 valence electrons.